The number of aromatic nitrogens is 4. The summed E-state index contributed by atoms with van der Waals surface area (Å²) in [6, 6.07) is 11.3. The minimum atomic E-state index is -4.58. The van der Waals surface area contributed by atoms with Crippen LogP contribution in [0, 0.1) is 6.92 Å². The Kier molecular flexibility index (Phi) is 8.00. The van der Waals surface area contributed by atoms with Crippen LogP contribution in [0.15, 0.2) is 61.2 Å². The predicted octanol–water partition coefficient (Wildman–Crippen LogP) is 4.96. The molecule has 3 heterocycles. The molecule has 0 atom stereocenters. The number of anilines is 4. The zero-order valence-electron chi connectivity index (χ0n) is 23.6. The van der Waals surface area contributed by atoms with Crippen LogP contribution in [0.2, 0.25) is 0 Å². The van der Waals surface area contributed by atoms with Gasteiger partial charge in [0.15, 0.2) is 0 Å². The molecule has 2 aromatic carbocycles. The SMILES string of the molecule is Cc1ccc(NC(=O)c2ccc(CN3CCNCC3)c(C(F)(F)F)c2)cc1Nc1nccn1-c1cc(NC2CC2)ncn1. The normalized spacial score (nSPS) is 15.7. The van der Waals surface area contributed by atoms with Gasteiger partial charge < -0.3 is 21.3 Å². The molecule has 13 heteroatoms. The maximum Gasteiger partial charge on any atom is 0.416 e. The average molecular weight is 592 g/mol. The van der Waals surface area contributed by atoms with Gasteiger partial charge in [0.2, 0.25) is 5.95 Å². The van der Waals surface area contributed by atoms with Crippen molar-refractivity contribution in [2.45, 2.75) is 38.5 Å². The summed E-state index contributed by atoms with van der Waals surface area (Å²) < 4.78 is 43.8. The average Bonchev–Trinajstić information content (AvgIpc) is 3.68. The maximum absolute atomic E-state index is 14.0. The van der Waals surface area contributed by atoms with E-state index in [9.17, 15) is 18.0 Å². The molecular formula is C30H32F3N9O. The topological polar surface area (TPSA) is 112 Å². The molecule has 0 radical (unpaired) electrons. The van der Waals surface area contributed by atoms with Gasteiger partial charge in [0.25, 0.3) is 5.91 Å². The van der Waals surface area contributed by atoms with Gasteiger partial charge >= 0.3 is 6.18 Å². The number of rotatable bonds is 9. The lowest BCUT2D eigenvalue weighted by molar-refractivity contribution is -0.138. The highest BCUT2D eigenvalue weighted by molar-refractivity contribution is 6.04. The molecular weight excluding hydrogens is 559 g/mol. The fraction of sp³-hybridized carbons (Fsp3) is 0.333. The van der Waals surface area contributed by atoms with Crippen molar-refractivity contribution in [3.8, 4) is 5.82 Å². The Hall–Kier alpha value is -4.49. The summed E-state index contributed by atoms with van der Waals surface area (Å²) in [7, 11) is 0. The van der Waals surface area contributed by atoms with Gasteiger partial charge in [-0.25, -0.2) is 15.0 Å². The number of carbonyl (C=O) groups excluding carboxylic acids is 1. The number of nitrogens with zero attached hydrogens (tertiary/aromatic N) is 5. The summed E-state index contributed by atoms with van der Waals surface area (Å²) in [5, 5.41) is 12.6. The first kappa shape index (κ1) is 28.6. The van der Waals surface area contributed by atoms with Gasteiger partial charge in [-0.1, -0.05) is 12.1 Å². The van der Waals surface area contributed by atoms with E-state index in [1.165, 1.54) is 18.5 Å². The van der Waals surface area contributed by atoms with Crippen LogP contribution < -0.4 is 21.3 Å². The van der Waals surface area contributed by atoms with Crippen molar-refractivity contribution in [2.75, 3.05) is 42.1 Å². The highest BCUT2D eigenvalue weighted by atomic mass is 19.4. The lowest BCUT2D eigenvalue weighted by atomic mass is 10.0. The molecule has 6 rings (SSSR count). The van der Waals surface area contributed by atoms with Gasteiger partial charge in [-0.05, 0) is 55.2 Å². The van der Waals surface area contributed by atoms with Crippen LogP contribution in [0.4, 0.5) is 36.3 Å². The number of imidazole rings is 1. The number of halogens is 3. The molecule has 1 saturated carbocycles. The largest absolute Gasteiger partial charge is 0.416 e. The molecule has 0 unspecified atom stereocenters. The summed E-state index contributed by atoms with van der Waals surface area (Å²) in [4.78, 5) is 28.2. The molecule has 2 aromatic heterocycles. The number of carbonyl (C=O) groups is 1. The quantitative estimate of drug-likeness (QED) is 0.216. The van der Waals surface area contributed by atoms with Crippen molar-refractivity contribution in [2.24, 2.45) is 0 Å². The number of hydrogen-bond acceptors (Lipinski definition) is 8. The number of hydrogen-bond donors (Lipinski definition) is 4. The maximum atomic E-state index is 14.0. The van der Waals surface area contributed by atoms with Crippen LogP contribution in [-0.4, -0.2) is 62.5 Å². The number of nitrogens with one attached hydrogen (secondary N) is 4. The third kappa shape index (κ3) is 6.95. The molecule has 2 aliphatic rings. The molecule has 4 aromatic rings. The van der Waals surface area contributed by atoms with E-state index in [0.29, 0.717) is 42.3 Å². The number of benzene rings is 2. The lowest BCUT2D eigenvalue weighted by Gasteiger charge is -2.28. The number of piperazine rings is 1. The Labute approximate surface area is 246 Å². The molecule has 2 fully saturated rings. The third-order valence-corrected chi connectivity index (χ3v) is 7.49. The highest BCUT2D eigenvalue weighted by Gasteiger charge is 2.34. The molecule has 0 bridgehead atoms. The first-order chi connectivity index (χ1) is 20.7. The summed E-state index contributed by atoms with van der Waals surface area (Å²) in [5.41, 5.74) is 1.26. The molecule has 1 aliphatic heterocycles. The van der Waals surface area contributed by atoms with Crippen molar-refractivity contribution >= 4 is 29.0 Å². The Morgan fingerprint density at radius 2 is 1.86 bits per heavy atom. The van der Waals surface area contributed by atoms with E-state index in [1.54, 1.807) is 29.1 Å². The standard InChI is InChI=1S/C30H32F3N9O/c1-19-2-5-23(15-25(19)40-29-35-10-13-42(29)27-16-26(36-18-37-27)38-22-6-7-22)39-28(43)20-3-4-21(24(14-20)30(31,32)33)17-41-11-8-34-9-12-41/h2-5,10,13-16,18,22,34H,6-9,11-12,17H2,1H3,(H,35,40)(H,39,43)(H,36,37,38). The second-order valence-electron chi connectivity index (χ2n) is 10.8. The van der Waals surface area contributed by atoms with E-state index < -0.39 is 17.6 Å². The van der Waals surface area contributed by atoms with E-state index >= 15 is 0 Å². The summed E-state index contributed by atoms with van der Waals surface area (Å²) >= 11 is 0. The number of alkyl halides is 3. The van der Waals surface area contributed by atoms with Crippen LogP contribution >= 0.6 is 0 Å². The summed E-state index contributed by atoms with van der Waals surface area (Å²) in [5.74, 6) is 1.23. The van der Waals surface area contributed by atoms with Gasteiger partial charge in [-0.3, -0.25) is 14.3 Å². The first-order valence-corrected chi connectivity index (χ1v) is 14.2. The minimum absolute atomic E-state index is 0.0682. The smallest absolute Gasteiger partial charge is 0.367 e. The zero-order chi connectivity index (χ0) is 30.0. The Morgan fingerprint density at radius 3 is 2.63 bits per heavy atom. The molecule has 1 saturated heterocycles. The van der Waals surface area contributed by atoms with Gasteiger partial charge in [0.1, 0.15) is 18.0 Å². The van der Waals surface area contributed by atoms with E-state index in [1.807, 2.05) is 24.0 Å². The zero-order valence-corrected chi connectivity index (χ0v) is 23.6. The fourth-order valence-electron chi connectivity index (χ4n) is 4.96. The fourth-order valence-corrected chi connectivity index (χ4v) is 4.96. The van der Waals surface area contributed by atoms with E-state index in [-0.39, 0.29) is 17.7 Å². The summed E-state index contributed by atoms with van der Waals surface area (Å²) in [6.45, 7) is 4.88. The van der Waals surface area contributed by atoms with Crippen molar-refractivity contribution in [1.29, 1.82) is 0 Å². The molecule has 10 nitrogen and oxygen atoms in total. The van der Waals surface area contributed by atoms with Crippen molar-refractivity contribution < 1.29 is 18.0 Å². The van der Waals surface area contributed by atoms with Crippen molar-refractivity contribution in [1.82, 2.24) is 29.7 Å². The second kappa shape index (κ2) is 12.0. The third-order valence-electron chi connectivity index (χ3n) is 7.49. The Bertz CT molecular complexity index is 1610. The van der Waals surface area contributed by atoms with Crippen LogP contribution in [0.5, 0.6) is 0 Å². The highest BCUT2D eigenvalue weighted by Crippen LogP contribution is 2.34. The molecule has 0 spiro atoms. The number of amides is 1. The molecule has 224 valence electrons. The van der Waals surface area contributed by atoms with Gasteiger partial charge in [-0.2, -0.15) is 13.2 Å². The van der Waals surface area contributed by atoms with E-state index in [2.05, 4.69) is 36.2 Å². The van der Waals surface area contributed by atoms with Crippen LogP contribution in [0.25, 0.3) is 5.82 Å². The Balaban J connectivity index is 1.19. The monoisotopic (exact) mass is 591 g/mol. The van der Waals surface area contributed by atoms with Crippen molar-refractivity contribution in [3.63, 3.8) is 0 Å². The van der Waals surface area contributed by atoms with Crippen LogP contribution in [0.1, 0.15) is 39.9 Å². The predicted molar refractivity (Wildman–Crippen MR) is 158 cm³/mol. The van der Waals surface area contributed by atoms with Crippen molar-refractivity contribution in [3.05, 3.63) is 83.4 Å². The molecule has 1 aliphatic carbocycles. The second-order valence-corrected chi connectivity index (χ2v) is 10.8. The van der Waals surface area contributed by atoms with E-state index in [4.69, 9.17) is 0 Å². The van der Waals surface area contributed by atoms with Crippen LogP contribution in [0.3, 0.4) is 0 Å². The van der Waals surface area contributed by atoms with Gasteiger partial charge in [-0.15, -0.1) is 0 Å². The lowest BCUT2D eigenvalue weighted by Crippen LogP contribution is -2.43. The molecule has 43 heavy (non-hydrogen) atoms. The van der Waals surface area contributed by atoms with E-state index in [0.717, 1.165) is 43.4 Å². The Morgan fingerprint density at radius 1 is 1.05 bits per heavy atom. The van der Waals surface area contributed by atoms with Crippen LogP contribution in [-0.2, 0) is 12.7 Å². The minimum Gasteiger partial charge on any atom is -0.367 e. The van der Waals surface area contributed by atoms with Gasteiger partial charge in [0, 0.05) is 74.2 Å². The van der Waals surface area contributed by atoms with Gasteiger partial charge in [0.05, 0.1) is 5.56 Å². The summed E-state index contributed by atoms with van der Waals surface area (Å²) in [6.07, 6.45) is 2.57. The molecule has 4 N–H and O–H groups in total. The number of aryl methyl sites for hydroxylation is 1. The first-order valence-electron chi connectivity index (χ1n) is 14.2. The molecule has 1 amide bonds.